The number of azide groups is 1. The number of alkyl halides is 1. The van der Waals surface area contributed by atoms with Gasteiger partial charge in [-0.25, -0.2) is 22.9 Å². The van der Waals surface area contributed by atoms with Crippen LogP contribution in [0.3, 0.4) is 0 Å². The molecule has 0 spiro atoms. The van der Waals surface area contributed by atoms with Crippen LogP contribution in [0.1, 0.15) is 6.23 Å². The van der Waals surface area contributed by atoms with Crippen LogP contribution in [0.25, 0.3) is 10.4 Å². The van der Waals surface area contributed by atoms with Crippen molar-refractivity contribution >= 4 is 29.3 Å². The number of nitrogens with zero attached hydrogens (tertiary/aromatic N) is 5. The van der Waals surface area contributed by atoms with Gasteiger partial charge in [0.25, 0.3) is 5.85 Å². The number of nitrogen functional groups attached to an aromatic ring is 1. The predicted octanol–water partition coefficient (Wildman–Crippen LogP) is -1.23. The van der Waals surface area contributed by atoms with Crippen LogP contribution in [0, 0.1) is 0 Å². The zero-order valence-corrected chi connectivity index (χ0v) is 18.9. The maximum atomic E-state index is 15.1. The highest BCUT2D eigenvalue weighted by Crippen LogP contribution is 2.66. The molecular formula is C10H16FN6O14P3. The third-order valence-corrected chi connectivity index (χ3v) is 7.75. The number of anilines is 1. The molecule has 192 valence electrons. The van der Waals surface area contributed by atoms with E-state index < -0.39 is 66.1 Å². The summed E-state index contributed by atoms with van der Waals surface area (Å²) in [5.41, 5.74) is 9.84. The summed E-state index contributed by atoms with van der Waals surface area (Å²) in [5, 5.41) is 23.5. The third-order valence-electron chi connectivity index (χ3n) is 3.97. The Bertz CT molecular complexity index is 1180. The van der Waals surface area contributed by atoms with Crippen molar-refractivity contribution in [2.45, 2.75) is 23.8 Å². The molecule has 0 amide bonds. The summed E-state index contributed by atoms with van der Waals surface area (Å²) in [4.78, 5) is 53.4. The SMILES string of the molecule is [N-]=[N+]=NC[C@]1(COP(=O)(O)OP(=O)(O)OP(=O)(O)O)O[C@@H](n2ccc(N)nc2=O)[C@@](O)(F)[C@@H]1O. The van der Waals surface area contributed by atoms with E-state index in [1.807, 2.05) is 0 Å². The molecule has 1 fully saturated rings. The van der Waals surface area contributed by atoms with E-state index in [1.54, 1.807) is 0 Å². The van der Waals surface area contributed by atoms with Crippen molar-refractivity contribution < 1.29 is 65.8 Å². The maximum absolute atomic E-state index is 15.1. The molecule has 8 N–H and O–H groups in total. The van der Waals surface area contributed by atoms with E-state index in [4.69, 9.17) is 30.7 Å². The molecule has 0 aromatic carbocycles. The molecule has 2 heterocycles. The number of aliphatic hydroxyl groups is 2. The predicted molar refractivity (Wildman–Crippen MR) is 102 cm³/mol. The second kappa shape index (κ2) is 9.69. The largest absolute Gasteiger partial charge is 0.490 e. The van der Waals surface area contributed by atoms with E-state index in [-0.39, 0.29) is 5.82 Å². The van der Waals surface area contributed by atoms with Crippen molar-refractivity contribution in [3.63, 3.8) is 0 Å². The van der Waals surface area contributed by atoms with Crippen LogP contribution < -0.4 is 11.4 Å². The molecule has 24 heteroatoms. The Morgan fingerprint density at radius 3 is 2.44 bits per heavy atom. The number of halogens is 1. The van der Waals surface area contributed by atoms with Crippen LogP contribution in [-0.4, -0.2) is 70.0 Å². The molecule has 6 atom stereocenters. The summed E-state index contributed by atoms with van der Waals surface area (Å²) < 4.78 is 65.9. The number of hydrogen-bond donors (Lipinski definition) is 7. The number of hydrogen-bond acceptors (Lipinski definition) is 13. The number of phosphoric acid groups is 3. The number of nitrogens with two attached hydrogens (primary N) is 1. The molecule has 0 bridgehead atoms. The lowest BCUT2D eigenvalue weighted by atomic mass is 9.95. The van der Waals surface area contributed by atoms with Gasteiger partial charge in [-0.1, -0.05) is 5.11 Å². The van der Waals surface area contributed by atoms with Gasteiger partial charge < -0.3 is 40.3 Å². The van der Waals surface area contributed by atoms with E-state index in [0.29, 0.717) is 4.57 Å². The van der Waals surface area contributed by atoms with Crippen molar-refractivity contribution in [3.8, 4) is 0 Å². The van der Waals surface area contributed by atoms with Crippen molar-refractivity contribution in [2.75, 3.05) is 18.9 Å². The highest BCUT2D eigenvalue weighted by molar-refractivity contribution is 7.66. The molecule has 1 aliphatic heterocycles. The fourth-order valence-electron chi connectivity index (χ4n) is 2.66. The zero-order valence-electron chi connectivity index (χ0n) is 16.2. The minimum absolute atomic E-state index is 0.310. The first kappa shape index (κ1) is 28.4. The van der Waals surface area contributed by atoms with Crippen molar-refractivity contribution in [3.05, 3.63) is 33.2 Å². The minimum atomic E-state index is -5.93. The summed E-state index contributed by atoms with van der Waals surface area (Å²) in [6, 6.07) is 0.979. The maximum Gasteiger partial charge on any atom is 0.490 e. The van der Waals surface area contributed by atoms with Gasteiger partial charge in [-0.05, 0) is 11.6 Å². The minimum Gasteiger partial charge on any atom is -0.384 e. The first-order valence-electron chi connectivity index (χ1n) is 8.25. The van der Waals surface area contributed by atoms with E-state index in [1.165, 1.54) is 0 Å². The number of aliphatic hydroxyl groups excluding tert-OH is 1. The smallest absolute Gasteiger partial charge is 0.384 e. The standard InChI is InChI=1S/C10H16FN6O14P3/c11-10(20)6(18)9(3-14-16-13,29-7(10)17-2-1-5(12)15-8(17)19)4-28-33(24,25)31-34(26,27)30-32(21,22)23/h1-2,6-7,18,20H,3-4H2,(H,24,25)(H,26,27)(H2,12,15,19)(H2,21,22,23)/t6-,7-,9-,10-/m1/s1. The van der Waals surface area contributed by atoms with Gasteiger partial charge in [0, 0.05) is 11.1 Å². The number of rotatable bonds is 10. The zero-order chi connectivity index (χ0) is 26.2. The molecule has 1 aromatic rings. The first-order chi connectivity index (χ1) is 15.3. The molecule has 0 radical (unpaired) electrons. The first-order valence-corrected chi connectivity index (χ1v) is 12.8. The third kappa shape index (κ3) is 6.66. The molecule has 20 nitrogen and oxygen atoms in total. The summed E-state index contributed by atoms with van der Waals surface area (Å²) in [6.45, 7) is -2.66. The average molecular weight is 556 g/mol. The number of aromatic nitrogens is 2. The lowest BCUT2D eigenvalue weighted by molar-refractivity contribution is -0.197. The van der Waals surface area contributed by atoms with E-state index in [2.05, 4.69) is 28.2 Å². The Balaban J connectivity index is 2.37. The van der Waals surface area contributed by atoms with Crippen molar-refractivity contribution in [2.24, 2.45) is 5.11 Å². The van der Waals surface area contributed by atoms with Gasteiger partial charge in [0.1, 0.15) is 17.5 Å². The Hall–Kier alpha value is -1.79. The topological polar surface area (TPSA) is 319 Å². The second-order valence-electron chi connectivity index (χ2n) is 6.46. The number of phosphoric ester groups is 1. The highest BCUT2D eigenvalue weighted by Gasteiger charge is 2.66. The van der Waals surface area contributed by atoms with Gasteiger partial charge in [0.15, 0.2) is 0 Å². The highest BCUT2D eigenvalue weighted by atomic mass is 31.3. The van der Waals surface area contributed by atoms with Crippen LogP contribution in [0.4, 0.5) is 10.2 Å². The second-order valence-corrected chi connectivity index (χ2v) is 10.9. The monoisotopic (exact) mass is 556 g/mol. The molecule has 34 heavy (non-hydrogen) atoms. The van der Waals surface area contributed by atoms with Gasteiger partial charge in [-0.15, -0.1) is 0 Å². The summed E-state index contributed by atoms with van der Waals surface area (Å²) in [5.74, 6) is -4.17. The van der Waals surface area contributed by atoms with E-state index in [9.17, 15) is 33.6 Å². The Morgan fingerprint density at radius 2 is 1.91 bits per heavy atom. The van der Waals surface area contributed by atoms with Crippen LogP contribution >= 0.6 is 23.5 Å². The molecule has 0 saturated carbocycles. The lowest BCUT2D eigenvalue weighted by Crippen LogP contribution is -2.53. The lowest BCUT2D eigenvalue weighted by Gasteiger charge is -2.30. The molecule has 2 rings (SSSR count). The summed E-state index contributed by atoms with van der Waals surface area (Å²) in [6.07, 6.45) is -4.38. The molecular weight excluding hydrogens is 540 g/mol. The molecule has 1 aliphatic rings. The van der Waals surface area contributed by atoms with E-state index >= 15 is 4.39 Å². The Kier molecular flexibility index (Phi) is 8.11. The molecule has 0 aliphatic carbocycles. The van der Waals surface area contributed by atoms with Crippen LogP contribution in [-0.2, 0) is 31.6 Å². The fourth-order valence-corrected chi connectivity index (χ4v) is 5.73. The van der Waals surface area contributed by atoms with Crippen LogP contribution in [0.5, 0.6) is 0 Å². The van der Waals surface area contributed by atoms with Gasteiger partial charge >= 0.3 is 29.2 Å². The quantitative estimate of drug-likeness (QED) is 0.0767. The van der Waals surface area contributed by atoms with Crippen molar-refractivity contribution in [1.29, 1.82) is 0 Å². The molecule has 1 saturated heterocycles. The Morgan fingerprint density at radius 1 is 1.29 bits per heavy atom. The fraction of sp³-hybridized carbons (Fsp3) is 0.600. The molecule has 2 unspecified atom stereocenters. The van der Waals surface area contributed by atoms with E-state index in [0.717, 1.165) is 12.3 Å². The average Bonchev–Trinajstić information content (AvgIpc) is 2.83. The van der Waals surface area contributed by atoms with Crippen LogP contribution in [0.15, 0.2) is 22.2 Å². The van der Waals surface area contributed by atoms with Crippen LogP contribution in [0.2, 0.25) is 0 Å². The van der Waals surface area contributed by atoms with Gasteiger partial charge in [-0.3, -0.25) is 9.09 Å². The normalized spacial score (nSPS) is 30.8. The van der Waals surface area contributed by atoms with Crippen molar-refractivity contribution in [1.82, 2.24) is 9.55 Å². The number of ether oxygens (including phenoxy) is 1. The molecule has 1 aromatic heterocycles. The van der Waals surface area contributed by atoms with Gasteiger partial charge in [0.2, 0.25) is 6.23 Å². The van der Waals surface area contributed by atoms with Gasteiger partial charge in [0.05, 0.1) is 13.2 Å². The summed E-state index contributed by atoms with van der Waals surface area (Å²) in [7, 11) is -17.4. The van der Waals surface area contributed by atoms with Gasteiger partial charge in [-0.2, -0.15) is 13.6 Å². The Labute approximate surface area is 186 Å². The summed E-state index contributed by atoms with van der Waals surface area (Å²) >= 11 is 0.